The Morgan fingerprint density at radius 2 is 2.07 bits per heavy atom. The van der Waals surface area contributed by atoms with Crippen molar-refractivity contribution in [3.05, 3.63) is 50.1 Å². The second-order valence-corrected chi connectivity index (χ2v) is 5.69. The van der Waals surface area contributed by atoms with Crippen LogP contribution in [-0.2, 0) is 0 Å². The molecular weight excluding hydrogens is 354 g/mol. The lowest BCUT2D eigenvalue weighted by atomic mass is 10.2. The Balaban J connectivity index is 2.30. The van der Waals surface area contributed by atoms with Gasteiger partial charge in [-0.15, -0.1) is 0 Å². The molecule has 0 spiro atoms. The lowest BCUT2D eigenvalue weighted by Gasteiger charge is -2.16. The zero-order valence-corrected chi connectivity index (χ0v) is 15.3. The van der Waals surface area contributed by atoms with E-state index < -0.39 is 22.0 Å². The molecule has 0 amide bonds. The van der Waals surface area contributed by atoms with Crippen LogP contribution in [0.25, 0.3) is 12.2 Å². The number of benzene rings is 1. The van der Waals surface area contributed by atoms with Gasteiger partial charge in [-0.25, -0.2) is 0 Å². The summed E-state index contributed by atoms with van der Waals surface area (Å²) >= 11 is 0. The number of nitrogens with one attached hydrogen (secondary N) is 1. The number of nitro groups is 1. The van der Waals surface area contributed by atoms with E-state index in [9.17, 15) is 20.0 Å². The summed E-state index contributed by atoms with van der Waals surface area (Å²) in [5.74, 6) is 0.257. The minimum Gasteiger partial charge on any atom is -0.490 e. The molecule has 0 saturated heterocycles. The van der Waals surface area contributed by atoms with Gasteiger partial charge in [0.15, 0.2) is 11.5 Å². The normalized spacial score (nSPS) is 12.1. The van der Waals surface area contributed by atoms with Gasteiger partial charge in [0.2, 0.25) is 0 Å². The second-order valence-electron chi connectivity index (χ2n) is 5.69. The zero-order valence-electron chi connectivity index (χ0n) is 15.3. The molecule has 0 saturated carbocycles. The lowest BCUT2D eigenvalue weighted by Crippen LogP contribution is -2.14. The van der Waals surface area contributed by atoms with Crippen LogP contribution in [0.4, 0.5) is 5.69 Å². The molecule has 2 N–H and O–H groups in total. The number of hydrogen-bond donors (Lipinski definition) is 2. The Morgan fingerprint density at radius 3 is 2.67 bits per heavy atom. The number of aromatic nitrogens is 2. The summed E-state index contributed by atoms with van der Waals surface area (Å²) in [5.41, 5.74) is -1.28. The molecule has 27 heavy (non-hydrogen) atoms. The van der Waals surface area contributed by atoms with Crippen LogP contribution in [0.15, 0.2) is 23.0 Å². The molecule has 2 rings (SSSR count). The Labute approximate surface area is 155 Å². The maximum atomic E-state index is 11.7. The van der Waals surface area contributed by atoms with E-state index >= 15 is 0 Å². The molecule has 9 heteroatoms. The summed E-state index contributed by atoms with van der Waals surface area (Å²) in [7, 11) is 0. The predicted octanol–water partition coefficient (Wildman–Crippen LogP) is 3.13. The third-order valence-electron chi connectivity index (χ3n) is 3.68. The molecule has 1 aromatic carbocycles. The van der Waals surface area contributed by atoms with E-state index in [-0.39, 0.29) is 11.9 Å². The molecule has 1 atom stereocenters. The van der Waals surface area contributed by atoms with Crippen LogP contribution in [0.2, 0.25) is 0 Å². The van der Waals surface area contributed by atoms with E-state index in [1.807, 2.05) is 20.8 Å². The Bertz CT molecular complexity index is 906. The maximum absolute atomic E-state index is 11.7. The third kappa shape index (κ3) is 5.06. The van der Waals surface area contributed by atoms with Crippen LogP contribution >= 0.6 is 0 Å². The van der Waals surface area contributed by atoms with E-state index in [1.54, 1.807) is 24.3 Å². The number of H-pyrrole nitrogens is 1. The standard InChI is InChI=1S/C18H21N3O6/c1-4-11(3)27-13-8-6-12(10-14(13)26-5-2)7-9-15-19-17(22)16(21(24)25)18(23)20-15/h6-11H,4-5H2,1-3H3,(H2,19,20,22,23)/b9-7+. The largest absolute Gasteiger partial charge is 0.490 e. The van der Waals surface area contributed by atoms with Crippen molar-refractivity contribution in [3.8, 4) is 17.4 Å². The molecule has 0 aliphatic heterocycles. The Hall–Kier alpha value is -3.36. The number of hydrogen-bond acceptors (Lipinski definition) is 7. The number of ether oxygens (including phenoxy) is 2. The van der Waals surface area contributed by atoms with Gasteiger partial charge in [0.25, 0.3) is 5.88 Å². The van der Waals surface area contributed by atoms with Gasteiger partial charge in [0, 0.05) is 0 Å². The highest BCUT2D eigenvalue weighted by Crippen LogP contribution is 2.30. The van der Waals surface area contributed by atoms with Crippen LogP contribution < -0.4 is 15.0 Å². The van der Waals surface area contributed by atoms with Gasteiger partial charge in [0.1, 0.15) is 5.82 Å². The van der Waals surface area contributed by atoms with E-state index in [0.717, 1.165) is 12.0 Å². The van der Waals surface area contributed by atoms with Crippen molar-refractivity contribution < 1.29 is 19.5 Å². The van der Waals surface area contributed by atoms with Crippen LogP contribution in [0.5, 0.6) is 17.4 Å². The van der Waals surface area contributed by atoms with Crippen molar-refractivity contribution in [2.24, 2.45) is 0 Å². The average molecular weight is 375 g/mol. The molecule has 0 aliphatic rings. The highest BCUT2D eigenvalue weighted by atomic mass is 16.6. The van der Waals surface area contributed by atoms with E-state index in [4.69, 9.17) is 9.47 Å². The molecular formula is C18H21N3O6. The summed E-state index contributed by atoms with van der Waals surface area (Å²) in [4.78, 5) is 27.2. The maximum Gasteiger partial charge on any atom is 0.395 e. The van der Waals surface area contributed by atoms with E-state index in [0.29, 0.717) is 18.1 Å². The number of nitrogens with zero attached hydrogens (tertiary/aromatic N) is 2. The monoisotopic (exact) mass is 375 g/mol. The van der Waals surface area contributed by atoms with Crippen molar-refractivity contribution in [3.63, 3.8) is 0 Å². The van der Waals surface area contributed by atoms with E-state index in [1.165, 1.54) is 6.08 Å². The first-order chi connectivity index (χ1) is 12.8. The van der Waals surface area contributed by atoms with E-state index in [2.05, 4.69) is 9.97 Å². The van der Waals surface area contributed by atoms with Crippen LogP contribution in [0, 0.1) is 10.1 Å². The third-order valence-corrected chi connectivity index (χ3v) is 3.68. The molecule has 2 aromatic rings. The molecule has 0 aliphatic carbocycles. The van der Waals surface area contributed by atoms with Gasteiger partial charge < -0.3 is 19.6 Å². The van der Waals surface area contributed by atoms with Crippen molar-refractivity contribution in [2.45, 2.75) is 33.3 Å². The molecule has 1 heterocycles. The summed E-state index contributed by atoms with van der Waals surface area (Å²) < 4.78 is 11.4. The first-order valence-corrected chi connectivity index (χ1v) is 8.44. The minimum atomic E-state index is -1.03. The highest BCUT2D eigenvalue weighted by molar-refractivity contribution is 5.68. The molecule has 9 nitrogen and oxygen atoms in total. The summed E-state index contributed by atoms with van der Waals surface area (Å²) in [6.45, 7) is 6.32. The van der Waals surface area contributed by atoms with Gasteiger partial charge in [-0.3, -0.25) is 14.9 Å². The molecule has 0 bridgehead atoms. The zero-order chi connectivity index (χ0) is 20.0. The fourth-order valence-corrected chi connectivity index (χ4v) is 2.18. The van der Waals surface area contributed by atoms with Gasteiger partial charge in [-0.05, 0) is 44.0 Å². The molecule has 1 aromatic heterocycles. The number of aromatic amines is 1. The fraction of sp³-hybridized carbons (Fsp3) is 0.333. The van der Waals surface area contributed by atoms with Gasteiger partial charge >= 0.3 is 11.2 Å². The molecule has 0 fully saturated rings. The first kappa shape index (κ1) is 20.0. The van der Waals surface area contributed by atoms with Crippen LogP contribution in [0.1, 0.15) is 38.6 Å². The summed E-state index contributed by atoms with van der Waals surface area (Å²) in [6, 6.07) is 5.33. The number of rotatable bonds is 8. The van der Waals surface area contributed by atoms with Crippen molar-refractivity contribution in [2.75, 3.05) is 6.61 Å². The summed E-state index contributed by atoms with van der Waals surface area (Å²) in [6.07, 6.45) is 3.95. The van der Waals surface area contributed by atoms with Gasteiger partial charge in [0.05, 0.1) is 17.6 Å². The molecule has 0 radical (unpaired) electrons. The minimum absolute atomic E-state index is 0.0130. The van der Waals surface area contributed by atoms with Crippen molar-refractivity contribution in [1.29, 1.82) is 0 Å². The highest BCUT2D eigenvalue weighted by Gasteiger charge is 2.21. The van der Waals surface area contributed by atoms with Crippen molar-refractivity contribution in [1.82, 2.24) is 9.97 Å². The van der Waals surface area contributed by atoms with Gasteiger partial charge in [-0.2, -0.15) is 4.98 Å². The smallest absolute Gasteiger partial charge is 0.395 e. The van der Waals surface area contributed by atoms with Crippen molar-refractivity contribution >= 4 is 17.8 Å². The quantitative estimate of drug-likeness (QED) is 0.536. The molecule has 1 unspecified atom stereocenters. The lowest BCUT2D eigenvalue weighted by molar-refractivity contribution is -0.387. The Morgan fingerprint density at radius 1 is 1.33 bits per heavy atom. The first-order valence-electron chi connectivity index (χ1n) is 8.44. The fourth-order valence-electron chi connectivity index (χ4n) is 2.18. The second kappa shape index (κ2) is 8.84. The van der Waals surface area contributed by atoms with Crippen LogP contribution in [0.3, 0.4) is 0 Å². The summed E-state index contributed by atoms with van der Waals surface area (Å²) in [5, 5.41) is 20.3. The topological polar surface area (TPSA) is 128 Å². The predicted molar refractivity (Wildman–Crippen MR) is 100 cm³/mol. The Kier molecular flexibility index (Phi) is 6.53. The van der Waals surface area contributed by atoms with Gasteiger partial charge in [-0.1, -0.05) is 19.1 Å². The average Bonchev–Trinajstić information content (AvgIpc) is 2.61. The van der Waals surface area contributed by atoms with Crippen LogP contribution in [-0.4, -0.2) is 32.7 Å². The molecule has 144 valence electrons. The SMILES string of the molecule is CCOc1cc(/C=C/c2nc(O)c([N+](=O)[O-])c(=O)[nH]2)ccc1OC(C)CC. The number of aromatic hydroxyl groups is 1.